The predicted molar refractivity (Wildman–Crippen MR) is 75.5 cm³/mol. The summed E-state index contributed by atoms with van der Waals surface area (Å²) < 4.78 is 34.1. The first-order valence-electron chi connectivity index (χ1n) is 6.90. The third kappa shape index (κ3) is 3.61. The van der Waals surface area contributed by atoms with Crippen molar-refractivity contribution in [3.05, 3.63) is 0 Å². The predicted octanol–water partition coefficient (Wildman–Crippen LogP) is 1.29. The molecule has 2 aliphatic rings. The van der Waals surface area contributed by atoms with Gasteiger partial charge in [-0.2, -0.15) is 17.0 Å². The first-order valence-corrected chi connectivity index (χ1v) is 8.83. The lowest BCUT2D eigenvalue weighted by Crippen LogP contribution is -2.55. The summed E-state index contributed by atoms with van der Waals surface area (Å²) in [6.45, 7) is 6.02. The molecule has 19 heavy (non-hydrogen) atoms. The normalized spacial score (nSPS) is 35.4. The molecule has 0 aromatic heterocycles. The number of halogens is 1. The molecule has 3 unspecified atom stereocenters. The fraction of sp³-hybridized carbons (Fsp3) is 1.00. The molecule has 0 aromatic carbocycles. The summed E-state index contributed by atoms with van der Waals surface area (Å²) in [5, 5.41) is 0. The number of nitrogens with zero attached hydrogens (tertiary/aromatic N) is 2. The van der Waals surface area contributed by atoms with E-state index in [1.165, 1.54) is 4.31 Å². The molecule has 0 aliphatic carbocycles. The number of morpholine rings is 1. The van der Waals surface area contributed by atoms with E-state index in [1.54, 1.807) is 4.31 Å². The van der Waals surface area contributed by atoms with Crippen LogP contribution in [0.1, 0.15) is 26.7 Å². The van der Waals surface area contributed by atoms with Crippen LogP contribution in [0.2, 0.25) is 0 Å². The first kappa shape index (κ1) is 15.5. The molecule has 2 heterocycles. The van der Waals surface area contributed by atoms with Crippen LogP contribution in [0.15, 0.2) is 0 Å². The lowest BCUT2D eigenvalue weighted by molar-refractivity contribution is -0.0439. The van der Waals surface area contributed by atoms with Crippen molar-refractivity contribution in [2.45, 2.75) is 38.9 Å². The van der Waals surface area contributed by atoms with Crippen molar-refractivity contribution in [3.8, 4) is 0 Å². The molecular weight excluding hydrogens is 288 g/mol. The summed E-state index contributed by atoms with van der Waals surface area (Å²) in [5.74, 6) is 0.762. The molecule has 2 aliphatic heterocycles. The SMILES string of the molecule is CC1CCCN(S(=O)(=O)N2CC(C)OC(CCl)C2)C1. The molecule has 2 rings (SSSR count). The van der Waals surface area contributed by atoms with E-state index < -0.39 is 10.2 Å². The lowest BCUT2D eigenvalue weighted by Gasteiger charge is -2.39. The Kier molecular flexibility index (Phi) is 5.11. The van der Waals surface area contributed by atoms with Gasteiger partial charge >= 0.3 is 0 Å². The molecule has 3 atom stereocenters. The van der Waals surface area contributed by atoms with E-state index in [0.717, 1.165) is 12.8 Å². The lowest BCUT2D eigenvalue weighted by atomic mass is 10.0. The number of rotatable bonds is 3. The second kappa shape index (κ2) is 6.26. The number of hydrogen-bond donors (Lipinski definition) is 0. The van der Waals surface area contributed by atoms with E-state index in [4.69, 9.17) is 16.3 Å². The van der Waals surface area contributed by atoms with Crippen LogP contribution in [-0.4, -0.2) is 61.3 Å². The van der Waals surface area contributed by atoms with Crippen LogP contribution in [0.4, 0.5) is 0 Å². The minimum absolute atomic E-state index is 0.102. The van der Waals surface area contributed by atoms with Crippen LogP contribution in [0.25, 0.3) is 0 Å². The Morgan fingerprint density at radius 1 is 1.21 bits per heavy atom. The van der Waals surface area contributed by atoms with Crippen molar-refractivity contribution in [2.24, 2.45) is 5.92 Å². The zero-order valence-corrected chi connectivity index (χ0v) is 13.2. The average Bonchev–Trinajstić information content (AvgIpc) is 2.38. The van der Waals surface area contributed by atoms with Gasteiger partial charge in [0.1, 0.15) is 0 Å². The van der Waals surface area contributed by atoms with E-state index in [9.17, 15) is 8.42 Å². The number of ether oxygens (including phenoxy) is 1. The molecular formula is C12H23ClN2O3S. The standard InChI is InChI=1S/C12H23ClN2O3S/c1-10-4-3-5-14(7-10)19(16,17)15-8-11(2)18-12(6-13)9-15/h10-12H,3-9H2,1-2H3. The van der Waals surface area contributed by atoms with Crippen molar-refractivity contribution >= 4 is 21.8 Å². The molecule has 7 heteroatoms. The zero-order chi connectivity index (χ0) is 14.0. The highest BCUT2D eigenvalue weighted by atomic mass is 35.5. The summed E-state index contributed by atoms with van der Waals surface area (Å²) in [5.41, 5.74) is 0. The van der Waals surface area contributed by atoms with Gasteiger partial charge in [0.25, 0.3) is 10.2 Å². The Hall–Kier alpha value is 0.120. The quantitative estimate of drug-likeness (QED) is 0.738. The van der Waals surface area contributed by atoms with Gasteiger partial charge in [0.2, 0.25) is 0 Å². The van der Waals surface area contributed by atoms with E-state index in [2.05, 4.69) is 6.92 Å². The summed E-state index contributed by atoms with van der Waals surface area (Å²) in [6, 6.07) is 0. The maximum Gasteiger partial charge on any atom is 0.282 e. The summed E-state index contributed by atoms with van der Waals surface area (Å²) in [7, 11) is -3.37. The van der Waals surface area contributed by atoms with Gasteiger partial charge in [-0.1, -0.05) is 6.92 Å². The van der Waals surface area contributed by atoms with Crippen LogP contribution >= 0.6 is 11.6 Å². The first-order chi connectivity index (χ1) is 8.93. The summed E-state index contributed by atoms with van der Waals surface area (Å²) in [6.07, 6.45) is 1.74. The third-order valence-corrected chi connectivity index (χ3v) is 6.02. The largest absolute Gasteiger partial charge is 0.371 e. The molecule has 5 nitrogen and oxygen atoms in total. The topological polar surface area (TPSA) is 49.9 Å². The van der Waals surface area contributed by atoms with Crippen molar-refractivity contribution in [2.75, 3.05) is 32.1 Å². The van der Waals surface area contributed by atoms with E-state index in [1.807, 2.05) is 6.92 Å². The highest BCUT2D eigenvalue weighted by Crippen LogP contribution is 2.23. The van der Waals surface area contributed by atoms with Crippen molar-refractivity contribution in [1.29, 1.82) is 0 Å². The maximum absolute atomic E-state index is 12.6. The van der Waals surface area contributed by atoms with Gasteiger partial charge in [-0.05, 0) is 25.7 Å². The molecule has 2 saturated heterocycles. The highest BCUT2D eigenvalue weighted by Gasteiger charge is 2.37. The average molecular weight is 311 g/mol. The molecule has 0 spiro atoms. The Labute approximate surface area is 121 Å². The van der Waals surface area contributed by atoms with Crippen LogP contribution in [0.5, 0.6) is 0 Å². The van der Waals surface area contributed by atoms with Crippen LogP contribution < -0.4 is 0 Å². The number of piperidine rings is 1. The van der Waals surface area contributed by atoms with E-state index in [-0.39, 0.29) is 12.2 Å². The summed E-state index contributed by atoms with van der Waals surface area (Å²) in [4.78, 5) is 0. The molecule has 0 amide bonds. The van der Waals surface area contributed by atoms with Gasteiger partial charge in [-0.25, -0.2) is 0 Å². The Bertz CT molecular complexity index is 404. The zero-order valence-electron chi connectivity index (χ0n) is 11.6. The highest BCUT2D eigenvalue weighted by molar-refractivity contribution is 7.86. The molecule has 2 fully saturated rings. The molecule has 0 bridgehead atoms. The fourth-order valence-electron chi connectivity index (χ4n) is 2.80. The number of alkyl halides is 1. The maximum atomic E-state index is 12.6. The van der Waals surface area contributed by atoms with Crippen LogP contribution in [-0.2, 0) is 14.9 Å². The number of hydrogen-bond acceptors (Lipinski definition) is 3. The molecule has 0 saturated carbocycles. The van der Waals surface area contributed by atoms with E-state index >= 15 is 0 Å². The molecule has 0 radical (unpaired) electrons. The fourth-order valence-corrected chi connectivity index (χ4v) is 4.85. The Balaban J connectivity index is 2.09. The second-order valence-electron chi connectivity index (χ2n) is 5.65. The molecule has 0 aromatic rings. The molecule has 112 valence electrons. The van der Waals surface area contributed by atoms with Gasteiger partial charge in [0.05, 0.1) is 12.2 Å². The second-order valence-corrected chi connectivity index (χ2v) is 7.89. The molecule has 0 N–H and O–H groups in total. The minimum Gasteiger partial charge on any atom is -0.371 e. The van der Waals surface area contributed by atoms with E-state index in [0.29, 0.717) is 38.0 Å². The monoisotopic (exact) mass is 310 g/mol. The van der Waals surface area contributed by atoms with Gasteiger partial charge < -0.3 is 4.74 Å². The van der Waals surface area contributed by atoms with Gasteiger partial charge in [-0.15, -0.1) is 11.6 Å². The van der Waals surface area contributed by atoms with Gasteiger partial charge in [-0.3, -0.25) is 0 Å². The Morgan fingerprint density at radius 2 is 1.95 bits per heavy atom. The van der Waals surface area contributed by atoms with Gasteiger partial charge in [0.15, 0.2) is 0 Å². The summed E-state index contributed by atoms with van der Waals surface area (Å²) >= 11 is 5.81. The van der Waals surface area contributed by atoms with Crippen LogP contribution in [0.3, 0.4) is 0 Å². The van der Waals surface area contributed by atoms with Gasteiger partial charge in [0, 0.05) is 32.1 Å². The Morgan fingerprint density at radius 3 is 2.58 bits per heavy atom. The van der Waals surface area contributed by atoms with Crippen molar-refractivity contribution < 1.29 is 13.2 Å². The minimum atomic E-state index is -3.37. The smallest absolute Gasteiger partial charge is 0.282 e. The van der Waals surface area contributed by atoms with Crippen molar-refractivity contribution in [1.82, 2.24) is 8.61 Å². The van der Waals surface area contributed by atoms with Crippen molar-refractivity contribution in [3.63, 3.8) is 0 Å². The third-order valence-electron chi connectivity index (χ3n) is 3.74. The van der Waals surface area contributed by atoms with Crippen LogP contribution in [0, 0.1) is 5.92 Å².